The molecule has 1 atom stereocenters. The fourth-order valence-corrected chi connectivity index (χ4v) is 3.38. The van der Waals surface area contributed by atoms with Gasteiger partial charge in [-0.3, -0.25) is 14.5 Å². The lowest BCUT2D eigenvalue weighted by Crippen LogP contribution is -2.42. The molecule has 29 heavy (non-hydrogen) atoms. The van der Waals surface area contributed by atoms with Gasteiger partial charge in [-0.05, 0) is 37.6 Å². The summed E-state index contributed by atoms with van der Waals surface area (Å²) in [5, 5.41) is 5.31. The van der Waals surface area contributed by atoms with Crippen LogP contribution in [0, 0.1) is 6.92 Å². The number of amides is 4. The van der Waals surface area contributed by atoms with Crippen molar-refractivity contribution in [2.75, 3.05) is 11.9 Å². The van der Waals surface area contributed by atoms with Crippen molar-refractivity contribution in [1.29, 1.82) is 0 Å². The molecule has 0 bridgehead atoms. The molecule has 9 nitrogen and oxygen atoms in total. The van der Waals surface area contributed by atoms with Crippen LogP contribution in [0.1, 0.15) is 18.1 Å². The maximum Gasteiger partial charge on any atom is 0.325 e. The molecule has 1 aliphatic rings. The molecule has 4 amide bonds. The number of aromatic amines is 2. The Bertz CT molecular complexity index is 1190. The molecule has 1 aliphatic heterocycles. The predicted octanol–water partition coefficient (Wildman–Crippen LogP) is 1.57. The molecular weight excluding hydrogens is 374 g/mol. The molecular formula is C20H19N5O4. The number of anilines is 1. The number of imide groups is 1. The van der Waals surface area contributed by atoms with E-state index >= 15 is 0 Å². The predicted molar refractivity (Wildman–Crippen MR) is 106 cm³/mol. The van der Waals surface area contributed by atoms with E-state index in [9.17, 15) is 19.2 Å². The summed E-state index contributed by atoms with van der Waals surface area (Å²) in [4.78, 5) is 55.1. The number of nitrogens with one attached hydrogen (secondary N) is 4. The van der Waals surface area contributed by atoms with Crippen molar-refractivity contribution in [1.82, 2.24) is 20.2 Å². The van der Waals surface area contributed by atoms with Crippen LogP contribution >= 0.6 is 0 Å². The summed E-state index contributed by atoms with van der Waals surface area (Å²) in [6, 6.07) is 11.5. The quantitative estimate of drug-likeness (QED) is 0.502. The van der Waals surface area contributed by atoms with Crippen molar-refractivity contribution in [3.05, 3.63) is 64.1 Å². The number of hydrogen-bond donors (Lipinski definition) is 4. The lowest BCUT2D eigenvalue weighted by Gasteiger charge is -2.22. The second kappa shape index (κ2) is 6.62. The summed E-state index contributed by atoms with van der Waals surface area (Å²) < 4.78 is 0. The SMILES string of the molecule is Cc1ccc([C@@]2(C)NC(=O)N(CC(=O)Nc3ccc4[nH]c(=O)[nH]c4c3)C2=O)cc1. The Kier molecular flexibility index (Phi) is 4.22. The molecule has 0 unspecified atom stereocenters. The number of aryl methyl sites for hydroxylation is 1. The first kappa shape index (κ1) is 18.5. The van der Waals surface area contributed by atoms with E-state index < -0.39 is 29.9 Å². The monoisotopic (exact) mass is 393 g/mol. The van der Waals surface area contributed by atoms with Gasteiger partial charge in [0.25, 0.3) is 5.91 Å². The molecule has 0 radical (unpaired) electrons. The number of hydrogen-bond acceptors (Lipinski definition) is 4. The summed E-state index contributed by atoms with van der Waals surface area (Å²) in [5.41, 5.74) is 1.68. The average Bonchev–Trinajstić information content (AvgIpc) is 3.14. The van der Waals surface area contributed by atoms with E-state index in [1.54, 1.807) is 37.3 Å². The molecule has 4 rings (SSSR count). The topological polar surface area (TPSA) is 127 Å². The largest absolute Gasteiger partial charge is 0.325 e. The number of carbonyl (C=O) groups excluding carboxylic acids is 3. The lowest BCUT2D eigenvalue weighted by atomic mass is 9.91. The molecule has 0 aliphatic carbocycles. The molecule has 0 spiro atoms. The van der Waals surface area contributed by atoms with Gasteiger partial charge in [0.15, 0.2) is 0 Å². The van der Waals surface area contributed by atoms with Crippen LogP contribution in [0.5, 0.6) is 0 Å². The molecule has 1 fully saturated rings. The molecule has 9 heteroatoms. The average molecular weight is 393 g/mol. The lowest BCUT2D eigenvalue weighted by molar-refractivity contribution is -0.133. The minimum absolute atomic E-state index is 0.349. The van der Waals surface area contributed by atoms with Gasteiger partial charge in [-0.1, -0.05) is 29.8 Å². The molecule has 4 N–H and O–H groups in total. The Morgan fingerprint density at radius 1 is 1.03 bits per heavy atom. The van der Waals surface area contributed by atoms with Crippen molar-refractivity contribution < 1.29 is 14.4 Å². The Morgan fingerprint density at radius 2 is 1.72 bits per heavy atom. The number of aromatic nitrogens is 2. The Labute approximate surface area is 165 Å². The normalized spacial score (nSPS) is 18.9. The highest BCUT2D eigenvalue weighted by atomic mass is 16.2. The maximum absolute atomic E-state index is 12.9. The minimum Gasteiger partial charge on any atom is -0.324 e. The van der Waals surface area contributed by atoms with Gasteiger partial charge >= 0.3 is 11.7 Å². The van der Waals surface area contributed by atoms with Gasteiger partial charge in [0.1, 0.15) is 12.1 Å². The fraction of sp³-hybridized carbons (Fsp3) is 0.200. The second-order valence-corrected chi connectivity index (χ2v) is 7.20. The van der Waals surface area contributed by atoms with Gasteiger partial charge in [0, 0.05) is 5.69 Å². The van der Waals surface area contributed by atoms with E-state index in [4.69, 9.17) is 0 Å². The molecule has 0 saturated carbocycles. The highest BCUT2D eigenvalue weighted by Gasteiger charge is 2.49. The van der Waals surface area contributed by atoms with Crippen molar-refractivity contribution in [3.8, 4) is 0 Å². The third kappa shape index (κ3) is 3.27. The molecule has 3 aromatic rings. The first-order valence-electron chi connectivity index (χ1n) is 8.99. The Balaban J connectivity index is 1.50. The van der Waals surface area contributed by atoms with E-state index in [0.717, 1.165) is 10.5 Å². The highest BCUT2D eigenvalue weighted by Crippen LogP contribution is 2.29. The summed E-state index contributed by atoms with van der Waals surface area (Å²) in [6.07, 6.45) is 0. The van der Waals surface area contributed by atoms with Crippen LogP contribution in [0.3, 0.4) is 0 Å². The van der Waals surface area contributed by atoms with E-state index in [1.807, 2.05) is 19.1 Å². The number of H-pyrrole nitrogens is 2. The highest BCUT2D eigenvalue weighted by molar-refractivity contribution is 6.10. The van der Waals surface area contributed by atoms with E-state index in [1.165, 1.54) is 0 Å². The number of fused-ring (bicyclic) bond motifs is 1. The van der Waals surface area contributed by atoms with Crippen LogP contribution < -0.4 is 16.3 Å². The zero-order valence-corrected chi connectivity index (χ0v) is 15.8. The third-order valence-electron chi connectivity index (χ3n) is 5.01. The van der Waals surface area contributed by atoms with Gasteiger partial charge < -0.3 is 20.6 Å². The molecule has 148 valence electrons. The first-order valence-corrected chi connectivity index (χ1v) is 8.99. The molecule has 1 aromatic heterocycles. The minimum atomic E-state index is -1.23. The fourth-order valence-electron chi connectivity index (χ4n) is 3.38. The zero-order valence-electron chi connectivity index (χ0n) is 15.8. The van der Waals surface area contributed by atoms with Crippen LogP contribution in [-0.2, 0) is 15.1 Å². The van der Waals surface area contributed by atoms with E-state index in [-0.39, 0.29) is 5.69 Å². The number of urea groups is 1. The van der Waals surface area contributed by atoms with E-state index in [2.05, 4.69) is 20.6 Å². The summed E-state index contributed by atoms with van der Waals surface area (Å²) in [6.45, 7) is 3.12. The number of benzene rings is 2. The number of nitrogens with zero attached hydrogens (tertiary/aromatic N) is 1. The van der Waals surface area contributed by atoms with Crippen LogP contribution in [0.25, 0.3) is 11.0 Å². The Morgan fingerprint density at radius 3 is 2.45 bits per heavy atom. The van der Waals surface area contributed by atoms with Gasteiger partial charge in [-0.25, -0.2) is 9.59 Å². The standard InChI is InChI=1S/C20H19N5O4/c1-11-3-5-12(6-4-11)20(2)17(27)25(19(29)24-20)10-16(26)21-13-7-8-14-15(9-13)23-18(28)22-14/h3-9H,10H2,1-2H3,(H,21,26)(H,24,29)(H2,22,23,28)/t20-/m1/s1. The number of imidazole rings is 1. The molecule has 2 heterocycles. The Hall–Kier alpha value is -3.88. The maximum atomic E-state index is 12.9. The number of rotatable bonds is 4. The van der Waals surface area contributed by atoms with Crippen LogP contribution in [0.4, 0.5) is 10.5 Å². The summed E-state index contributed by atoms with van der Waals surface area (Å²) >= 11 is 0. The third-order valence-corrected chi connectivity index (χ3v) is 5.01. The smallest absolute Gasteiger partial charge is 0.324 e. The van der Waals surface area contributed by atoms with Gasteiger partial charge in [0.2, 0.25) is 5.91 Å². The summed E-state index contributed by atoms with van der Waals surface area (Å²) in [7, 11) is 0. The van der Waals surface area contributed by atoms with Gasteiger partial charge in [0.05, 0.1) is 11.0 Å². The van der Waals surface area contributed by atoms with Crippen LogP contribution in [0.15, 0.2) is 47.3 Å². The van der Waals surface area contributed by atoms with Crippen molar-refractivity contribution in [2.45, 2.75) is 19.4 Å². The van der Waals surface area contributed by atoms with Crippen LogP contribution in [-0.4, -0.2) is 39.3 Å². The zero-order chi connectivity index (χ0) is 20.8. The summed E-state index contributed by atoms with van der Waals surface area (Å²) in [5.74, 6) is -1.02. The van der Waals surface area contributed by atoms with Crippen molar-refractivity contribution in [3.63, 3.8) is 0 Å². The van der Waals surface area contributed by atoms with Crippen molar-refractivity contribution >= 4 is 34.6 Å². The van der Waals surface area contributed by atoms with E-state index in [0.29, 0.717) is 22.3 Å². The second-order valence-electron chi connectivity index (χ2n) is 7.20. The van der Waals surface area contributed by atoms with Crippen molar-refractivity contribution in [2.24, 2.45) is 0 Å². The molecule has 1 saturated heterocycles. The number of carbonyl (C=O) groups is 3. The molecule has 2 aromatic carbocycles. The first-order chi connectivity index (χ1) is 13.8. The van der Waals surface area contributed by atoms with Gasteiger partial charge in [-0.15, -0.1) is 0 Å². The van der Waals surface area contributed by atoms with Gasteiger partial charge in [-0.2, -0.15) is 0 Å². The van der Waals surface area contributed by atoms with Crippen LogP contribution in [0.2, 0.25) is 0 Å².